The molecule has 0 aliphatic carbocycles. The standard InChI is InChI=1S/C16H13F3N2O/c1-9-5-14(16-20-10(2)7-21(16)6-9)22-8-11-12(17)3-4-13(18)15(11)19/h3-7H,8H2,1-2H3. The Bertz CT molecular complexity index is 858. The van der Waals surface area contributed by atoms with Gasteiger partial charge >= 0.3 is 0 Å². The molecule has 0 aliphatic heterocycles. The third kappa shape index (κ3) is 2.52. The van der Waals surface area contributed by atoms with Crippen LogP contribution in [0.15, 0.2) is 30.6 Å². The summed E-state index contributed by atoms with van der Waals surface area (Å²) in [5.41, 5.74) is 1.79. The van der Waals surface area contributed by atoms with Crippen LogP contribution < -0.4 is 4.74 Å². The first kappa shape index (κ1) is 14.4. The molecule has 3 nitrogen and oxygen atoms in total. The average molecular weight is 306 g/mol. The molecule has 3 aromatic rings. The molecule has 3 rings (SSSR count). The number of benzene rings is 1. The van der Waals surface area contributed by atoms with E-state index >= 15 is 0 Å². The third-order valence-electron chi connectivity index (χ3n) is 3.29. The molecule has 0 aliphatic rings. The second-order valence-corrected chi connectivity index (χ2v) is 5.11. The lowest BCUT2D eigenvalue weighted by molar-refractivity contribution is 0.291. The summed E-state index contributed by atoms with van der Waals surface area (Å²) in [5, 5.41) is 0. The van der Waals surface area contributed by atoms with Gasteiger partial charge in [0.25, 0.3) is 0 Å². The first-order chi connectivity index (χ1) is 10.5. The highest BCUT2D eigenvalue weighted by Crippen LogP contribution is 2.24. The van der Waals surface area contributed by atoms with Crippen LogP contribution in [0.1, 0.15) is 16.8 Å². The number of halogens is 3. The minimum atomic E-state index is -1.23. The molecular weight excluding hydrogens is 293 g/mol. The van der Waals surface area contributed by atoms with E-state index in [-0.39, 0.29) is 0 Å². The van der Waals surface area contributed by atoms with Gasteiger partial charge in [0.1, 0.15) is 12.4 Å². The lowest BCUT2D eigenvalue weighted by Crippen LogP contribution is -2.05. The number of pyridine rings is 1. The molecule has 0 saturated carbocycles. The Balaban J connectivity index is 1.96. The minimum absolute atomic E-state index is 0.385. The summed E-state index contributed by atoms with van der Waals surface area (Å²) in [5.74, 6) is -2.80. The van der Waals surface area contributed by atoms with Crippen molar-refractivity contribution >= 4 is 5.65 Å². The molecule has 6 heteroatoms. The number of fused-ring (bicyclic) bond motifs is 1. The van der Waals surface area contributed by atoms with Crippen molar-refractivity contribution in [1.29, 1.82) is 0 Å². The van der Waals surface area contributed by atoms with Gasteiger partial charge in [0.05, 0.1) is 11.3 Å². The summed E-state index contributed by atoms with van der Waals surface area (Å²) in [4.78, 5) is 4.31. The smallest absolute Gasteiger partial charge is 0.179 e. The zero-order valence-corrected chi connectivity index (χ0v) is 12.0. The first-order valence-corrected chi connectivity index (χ1v) is 6.67. The monoisotopic (exact) mass is 306 g/mol. The Morgan fingerprint density at radius 3 is 2.59 bits per heavy atom. The van der Waals surface area contributed by atoms with E-state index in [1.807, 2.05) is 26.2 Å². The molecule has 0 atom stereocenters. The summed E-state index contributed by atoms with van der Waals surface area (Å²) in [7, 11) is 0. The number of imidazole rings is 1. The summed E-state index contributed by atoms with van der Waals surface area (Å²) in [6, 6.07) is 3.34. The number of aryl methyl sites for hydroxylation is 2. The fourth-order valence-corrected chi connectivity index (χ4v) is 2.28. The summed E-state index contributed by atoms with van der Waals surface area (Å²) in [6.45, 7) is 3.28. The van der Waals surface area contributed by atoms with E-state index in [0.717, 1.165) is 23.4 Å². The molecule has 0 bridgehead atoms. The van der Waals surface area contributed by atoms with Gasteiger partial charge in [-0.25, -0.2) is 18.2 Å². The first-order valence-electron chi connectivity index (χ1n) is 6.67. The van der Waals surface area contributed by atoms with Gasteiger partial charge in [0.2, 0.25) is 0 Å². The number of nitrogens with zero attached hydrogens (tertiary/aromatic N) is 2. The molecule has 114 valence electrons. The van der Waals surface area contributed by atoms with Gasteiger partial charge in [-0.15, -0.1) is 0 Å². The predicted molar refractivity (Wildman–Crippen MR) is 75.3 cm³/mol. The molecule has 2 heterocycles. The van der Waals surface area contributed by atoms with Crippen LogP contribution in [0.2, 0.25) is 0 Å². The SMILES string of the molecule is Cc1cc(OCc2c(F)ccc(F)c2F)c2nc(C)cn2c1. The lowest BCUT2D eigenvalue weighted by atomic mass is 10.2. The zero-order chi connectivity index (χ0) is 15.9. The highest BCUT2D eigenvalue weighted by Gasteiger charge is 2.15. The largest absolute Gasteiger partial charge is 0.485 e. The third-order valence-corrected chi connectivity index (χ3v) is 3.29. The number of hydrogen-bond acceptors (Lipinski definition) is 2. The van der Waals surface area contributed by atoms with Crippen LogP contribution >= 0.6 is 0 Å². The Labute approximate surface area is 125 Å². The average Bonchev–Trinajstić information content (AvgIpc) is 2.83. The number of aromatic nitrogens is 2. The van der Waals surface area contributed by atoms with E-state index in [2.05, 4.69) is 4.98 Å². The van der Waals surface area contributed by atoms with Crippen LogP contribution in [0.4, 0.5) is 13.2 Å². The second-order valence-electron chi connectivity index (χ2n) is 5.11. The maximum atomic E-state index is 13.6. The van der Waals surface area contributed by atoms with Gasteiger partial charge in [0.15, 0.2) is 23.0 Å². The highest BCUT2D eigenvalue weighted by atomic mass is 19.2. The zero-order valence-electron chi connectivity index (χ0n) is 12.0. The Kier molecular flexibility index (Phi) is 3.52. The van der Waals surface area contributed by atoms with Crippen LogP contribution in [-0.2, 0) is 6.61 Å². The van der Waals surface area contributed by atoms with Gasteiger partial charge in [-0.05, 0) is 37.6 Å². The van der Waals surface area contributed by atoms with Crippen molar-refractivity contribution in [2.24, 2.45) is 0 Å². The Hall–Kier alpha value is -2.50. The van der Waals surface area contributed by atoms with E-state index in [9.17, 15) is 13.2 Å². The van der Waals surface area contributed by atoms with Crippen molar-refractivity contribution in [3.63, 3.8) is 0 Å². The van der Waals surface area contributed by atoms with E-state index in [0.29, 0.717) is 11.4 Å². The van der Waals surface area contributed by atoms with Crippen molar-refractivity contribution in [3.8, 4) is 5.75 Å². The van der Waals surface area contributed by atoms with Gasteiger partial charge in [0, 0.05) is 12.4 Å². The van der Waals surface area contributed by atoms with Crippen molar-refractivity contribution in [1.82, 2.24) is 9.38 Å². The molecule has 1 aromatic carbocycles. The van der Waals surface area contributed by atoms with Crippen molar-refractivity contribution < 1.29 is 17.9 Å². The van der Waals surface area contributed by atoms with Gasteiger partial charge in [-0.3, -0.25) is 0 Å². The number of ether oxygens (including phenoxy) is 1. The summed E-state index contributed by atoms with van der Waals surface area (Å²) in [6.07, 6.45) is 3.68. The summed E-state index contributed by atoms with van der Waals surface area (Å²) >= 11 is 0. The molecule has 0 fully saturated rings. The second kappa shape index (κ2) is 5.36. The molecule has 0 spiro atoms. The van der Waals surface area contributed by atoms with E-state index in [1.165, 1.54) is 0 Å². The normalized spacial score (nSPS) is 11.1. The van der Waals surface area contributed by atoms with Crippen molar-refractivity contribution in [2.45, 2.75) is 20.5 Å². The van der Waals surface area contributed by atoms with Crippen LogP contribution in [-0.4, -0.2) is 9.38 Å². The molecule has 0 unspecified atom stereocenters. The maximum absolute atomic E-state index is 13.6. The van der Waals surface area contributed by atoms with Gasteiger partial charge in [-0.1, -0.05) is 0 Å². The topological polar surface area (TPSA) is 26.5 Å². The lowest BCUT2D eigenvalue weighted by Gasteiger charge is -2.10. The number of rotatable bonds is 3. The maximum Gasteiger partial charge on any atom is 0.179 e. The van der Waals surface area contributed by atoms with Crippen LogP contribution in [0.3, 0.4) is 0 Å². The fourth-order valence-electron chi connectivity index (χ4n) is 2.28. The molecule has 0 N–H and O–H groups in total. The number of hydrogen-bond donors (Lipinski definition) is 0. The Morgan fingerprint density at radius 2 is 1.82 bits per heavy atom. The predicted octanol–water partition coefficient (Wildman–Crippen LogP) is 3.95. The van der Waals surface area contributed by atoms with Crippen molar-refractivity contribution in [3.05, 3.63) is 64.9 Å². The quantitative estimate of drug-likeness (QED) is 0.685. The van der Waals surface area contributed by atoms with E-state index in [1.54, 1.807) is 10.5 Å². The molecular formula is C16H13F3N2O. The minimum Gasteiger partial charge on any atom is -0.485 e. The molecule has 0 saturated heterocycles. The molecule has 2 aromatic heterocycles. The van der Waals surface area contributed by atoms with E-state index < -0.39 is 29.6 Å². The van der Waals surface area contributed by atoms with E-state index in [4.69, 9.17) is 4.74 Å². The highest BCUT2D eigenvalue weighted by molar-refractivity contribution is 5.55. The molecule has 0 radical (unpaired) electrons. The van der Waals surface area contributed by atoms with Gasteiger partial charge < -0.3 is 9.14 Å². The Morgan fingerprint density at radius 1 is 1.09 bits per heavy atom. The van der Waals surface area contributed by atoms with Crippen molar-refractivity contribution in [2.75, 3.05) is 0 Å². The van der Waals surface area contributed by atoms with Crippen LogP contribution in [0.5, 0.6) is 5.75 Å². The molecule has 22 heavy (non-hydrogen) atoms. The fraction of sp³-hybridized carbons (Fsp3) is 0.188. The van der Waals surface area contributed by atoms with Crippen LogP contribution in [0, 0.1) is 31.3 Å². The van der Waals surface area contributed by atoms with Crippen LogP contribution in [0.25, 0.3) is 5.65 Å². The van der Waals surface area contributed by atoms with Gasteiger partial charge in [-0.2, -0.15) is 0 Å². The molecule has 0 amide bonds. The summed E-state index contributed by atoms with van der Waals surface area (Å²) < 4.78 is 47.7.